The van der Waals surface area contributed by atoms with Crippen LogP contribution in [-0.4, -0.2) is 36.1 Å². The predicted octanol–water partition coefficient (Wildman–Crippen LogP) is 3.20. The largest absolute Gasteiger partial charge is 0.317 e. The van der Waals surface area contributed by atoms with Gasteiger partial charge in [-0.2, -0.15) is 0 Å². The summed E-state index contributed by atoms with van der Waals surface area (Å²) in [5.74, 6) is 0. The highest BCUT2D eigenvalue weighted by molar-refractivity contribution is 5.78. The minimum atomic E-state index is 0.721. The van der Waals surface area contributed by atoms with E-state index in [0.29, 0.717) is 0 Å². The van der Waals surface area contributed by atoms with Crippen LogP contribution >= 0.6 is 0 Å². The lowest BCUT2D eigenvalue weighted by atomic mass is 9.90. The summed E-state index contributed by atoms with van der Waals surface area (Å²) in [4.78, 5) is 6.91. The summed E-state index contributed by atoms with van der Waals surface area (Å²) in [5.41, 5.74) is 2.46. The first-order valence-corrected chi connectivity index (χ1v) is 7.97. The van der Waals surface area contributed by atoms with Crippen molar-refractivity contribution in [2.75, 3.05) is 14.1 Å². The van der Waals surface area contributed by atoms with Crippen molar-refractivity contribution in [1.82, 2.24) is 15.2 Å². The number of hydrogen-bond acceptors (Lipinski definition) is 3. The molecule has 1 heterocycles. The van der Waals surface area contributed by atoms with Crippen LogP contribution in [-0.2, 0) is 6.54 Å². The van der Waals surface area contributed by atoms with E-state index >= 15 is 0 Å². The van der Waals surface area contributed by atoms with Gasteiger partial charge in [-0.25, -0.2) is 0 Å². The summed E-state index contributed by atoms with van der Waals surface area (Å²) < 4.78 is 0. The quantitative estimate of drug-likeness (QED) is 0.934. The van der Waals surface area contributed by atoms with Crippen LogP contribution in [0, 0.1) is 0 Å². The molecule has 1 saturated carbocycles. The zero-order valence-electron chi connectivity index (χ0n) is 13.0. The van der Waals surface area contributed by atoms with E-state index in [4.69, 9.17) is 0 Å². The summed E-state index contributed by atoms with van der Waals surface area (Å²) in [6.45, 7) is 1.03. The lowest BCUT2D eigenvalue weighted by Gasteiger charge is -2.34. The second-order valence-corrected chi connectivity index (χ2v) is 6.24. The third-order valence-corrected chi connectivity index (χ3v) is 4.83. The van der Waals surface area contributed by atoms with E-state index in [-0.39, 0.29) is 0 Å². The number of nitrogens with one attached hydrogen (secondary N) is 1. The van der Waals surface area contributed by atoms with Crippen LogP contribution < -0.4 is 5.32 Å². The normalized spacial score (nSPS) is 22.8. The van der Waals surface area contributed by atoms with Crippen LogP contribution in [0.3, 0.4) is 0 Å². The van der Waals surface area contributed by atoms with Crippen LogP contribution in [0.25, 0.3) is 10.9 Å². The molecule has 1 aromatic carbocycles. The average Bonchev–Trinajstić information content (AvgIpc) is 2.55. The molecular weight excluding hydrogens is 258 g/mol. The van der Waals surface area contributed by atoms with Gasteiger partial charge in [-0.05, 0) is 63.5 Å². The van der Waals surface area contributed by atoms with E-state index in [1.807, 2.05) is 12.3 Å². The van der Waals surface area contributed by atoms with Crippen LogP contribution in [0.15, 0.2) is 36.5 Å². The average molecular weight is 283 g/mol. The molecule has 0 spiro atoms. The first kappa shape index (κ1) is 14.5. The maximum Gasteiger partial charge on any atom is 0.0702 e. The van der Waals surface area contributed by atoms with E-state index < -0.39 is 0 Å². The Bertz CT molecular complexity index is 588. The summed E-state index contributed by atoms with van der Waals surface area (Å²) in [6, 6.07) is 12.2. The molecular formula is C18H25N3. The standard InChI is InChI=1S/C18H25N3/c1-19-16-6-8-17(9-7-16)21(2)13-14-5-10-18-15(12-14)4-3-11-20-18/h3-5,10-12,16-17,19H,6-9,13H2,1-2H3. The second-order valence-electron chi connectivity index (χ2n) is 6.24. The van der Waals surface area contributed by atoms with Crippen molar-refractivity contribution in [2.45, 2.75) is 44.3 Å². The zero-order chi connectivity index (χ0) is 14.7. The minimum absolute atomic E-state index is 0.721. The molecule has 0 saturated heterocycles. The molecule has 1 N–H and O–H groups in total. The molecule has 1 fully saturated rings. The number of aromatic nitrogens is 1. The minimum Gasteiger partial charge on any atom is -0.317 e. The molecule has 2 aromatic rings. The van der Waals surface area contributed by atoms with E-state index in [9.17, 15) is 0 Å². The van der Waals surface area contributed by atoms with Gasteiger partial charge in [0.15, 0.2) is 0 Å². The Balaban J connectivity index is 1.64. The van der Waals surface area contributed by atoms with Crippen molar-refractivity contribution >= 4 is 10.9 Å². The maximum atomic E-state index is 4.39. The van der Waals surface area contributed by atoms with Crippen molar-refractivity contribution in [3.8, 4) is 0 Å². The van der Waals surface area contributed by atoms with Gasteiger partial charge in [-0.3, -0.25) is 9.88 Å². The Hall–Kier alpha value is -1.45. The molecule has 1 aliphatic carbocycles. The van der Waals surface area contributed by atoms with Gasteiger partial charge in [0.1, 0.15) is 0 Å². The van der Waals surface area contributed by atoms with Gasteiger partial charge in [0.2, 0.25) is 0 Å². The van der Waals surface area contributed by atoms with Gasteiger partial charge in [-0.15, -0.1) is 0 Å². The summed E-state index contributed by atoms with van der Waals surface area (Å²) >= 11 is 0. The monoisotopic (exact) mass is 283 g/mol. The molecule has 0 radical (unpaired) electrons. The number of pyridine rings is 1. The van der Waals surface area contributed by atoms with Crippen molar-refractivity contribution < 1.29 is 0 Å². The Kier molecular flexibility index (Phi) is 4.51. The lowest BCUT2D eigenvalue weighted by molar-refractivity contribution is 0.170. The first-order valence-electron chi connectivity index (χ1n) is 7.97. The van der Waals surface area contributed by atoms with Crippen LogP contribution in [0.2, 0.25) is 0 Å². The molecule has 0 amide bonds. The van der Waals surface area contributed by atoms with Crippen molar-refractivity contribution in [3.05, 3.63) is 42.1 Å². The molecule has 0 atom stereocenters. The Morgan fingerprint density at radius 1 is 1.19 bits per heavy atom. The Morgan fingerprint density at radius 3 is 2.76 bits per heavy atom. The van der Waals surface area contributed by atoms with E-state index in [0.717, 1.165) is 24.1 Å². The Labute approximate surface area is 127 Å². The van der Waals surface area contributed by atoms with E-state index in [2.05, 4.69) is 53.6 Å². The van der Waals surface area contributed by atoms with Crippen molar-refractivity contribution in [3.63, 3.8) is 0 Å². The predicted molar refractivity (Wildman–Crippen MR) is 88.3 cm³/mol. The number of rotatable bonds is 4. The number of fused-ring (bicyclic) bond motifs is 1. The van der Waals surface area contributed by atoms with Gasteiger partial charge in [0, 0.05) is 30.2 Å². The highest BCUT2D eigenvalue weighted by atomic mass is 15.1. The van der Waals surface area contributed by atoms with E-state index in [1.54, 1.807) is 0 Å². The van der Waals surface area contributed by atoms with Gasteiger partial charge < -0.3 is 5.32 Å². The van der Waals surface area contributed by atoms with Gasteiger partial charge in [-0.1, -0.05) is 12.1 Å². The number of nitrogens with zero attached hydrogens (tertiary/aromatic N) is 2. The fraction of sp³-hybridized carbons (Fsp3) is 0.500. The van der Waals surface area contributed by atoms with Crippen LogP contribution in [0.1, 0.15) is 31.2 Å². The van der Waals surface area contributed by atoms with Gasteiger partial charge in [0.05, 0.1) is 5.52 Å². The molecule has 21 heavy (non-hydrogen) atoms. The molecule has 1 aliphatic rings. The fourth-order valence-corrected chi connectivity index (χ4v) is 3.45. The van der Waals surface area contributed by atoms with Crippen LogP contribution in [0.5, 0.6) is 0 Å². The molecule has 112 valence electrons. The molecule has 3 nitrogen and oxygen atoms in total. The molecule has 3 heteroatoms. The zero-order valence-corrected chi connectivity index (χ0v) is 13.0. The number of hydrogen-bond donors (Lipinski definition) is 1. The third kappa shape index (κ3) is 3.42. The Morgan fingerprint density at radius 2 is 2.00 bits per heavy atom. The maximum absolute atomic E-state index is 4.39. The summed E-state index contributed by atoms with van der Waals surface area (Å²) in [7, 11) is 4.34. The smallest absolute Gasteiger partial charge is 0.0702 e. The van der Waals surface area contributed by atoms with Crippen LogP contribution in [0.4, 0.5) is 0 Å². The lowest BCUT2D eigenvalue weighted by Crippen LogP contribution is -2.39. The summed E-state index contributed by atoms with van der Waals surface area (Å²) in [5, 5.41) is 4.65. The molecule has 0 aliphatic heterocycles. The van der Waals surface area contributed by atoms with Gasteiger partial charge >= 0.3 is 0 Å². The second kappa shape index (κ2) is 6.54. The van der Waals surface area contributed by atoms with Gasteiger partial charge in [0.25, 0.3) is 0 Å². The summed E-state index contributed by atoms with van der Waals surface area (Å²) in [6.07, 6.45) is 7.06. The fourth-order valence-electron chi connectivity index (χ4n) is 3.45. The van der Waals surface area contributed by atoms with E-state index in [1.165, 1.54) is 36.6 Å². The molecule has 0 bridgehead atoms. The topological polar surface area (TPSA) is 28.2 Å². The molecule has 1 aromatic heterocycles. The number of benzene rings is 1. The molecule has 0 unspecified atom stereocenters. The molecule has 3 rings (SSSR count). The highest BCUT2D eigenvalue weighted by Crippen LogP contribution is 2.24. The van der Waals surface area contributed by atoms with Crippen molar-refractivity contribution in [1.29, 1.82) is 0 Å². The first-order chi connectivity index (χ1) is 10.3. The third-order valence-electron chi connectivity index (χ3n) is 4.83. The highest BCUT2D eigenvalue weighted by Gasteiger charge is 2.22. The van der Waals surface area contributed by atoms with Crippen molar-refractivity contribution in [2.24, 2.45) is 0 Å². The SMILES string of the molecule is CNC1CCC(N(C)Cc2ccc3ncccc3c2)CC1.